The first-order valence-corrected chi connectivity index (χ1v) is 8.89. The van der Waals surface area contributed by atoms with Crippen molar-refractivity contribution in [3.8, 4) is 0 Å². The number of amides is 3. The summed E-state index contributed by atoms with van der Waals surface area (Å²) in [6.45, 7) is 3.16. The van der Waals surface area contributed by atoms with Crippen molar-refractivity contribution in [2.45, 2.75) is 51.2 Å². The van der Waals surface area contributed by atoms with Crippen LogP contribution in [0.5, 0.6) is 0 Å². The van der Waals surface area contributed by atoms with Crippen molar-refractivity contribution in [3.63, 3.8) is 0 Å². The monoisotopic (exact) mass is 362 g/mol. The lowest BCUT2D eigenvalue weighted by atomic mass is 10.0. The van der Waals surface area contributed by atoms with Crippen molar-refractivity contribution in [1.82, 2.24) is 9.80 Å². The van der Waals surface area contributed by atoms with Crippen LogP contribution in [0.25, 0.3) is 0 Å². The van der Waals surface area contributed by atoms with Gasteiger partial charge in [-0.2, -0.15) is 0 Å². The maximum Gasteiger partial charge on any atom is 0.418 e. The van der Waals surface area contributed by atoms with Gasteiger partial charge < -0.3 is 9.64 Å². The minimum Gasteiger partial charge on any atom is -0.433 e. The number of hydrogen-bond donors (Lipinski definition) is 0. The molecule has 7 heteroatoms. The number of likely N-dealkylation sites (tertiary alicyclic amines) is 1. The number of imide groups is 1. The highest BCUT2D eigenvalue weighted by atomic mass is 19.1. The van der Waals surface area contributed by atoms with Crippen LogP contribution >= 0.6 is 0 Å². The van der Waals surface area contributed by atoms with Crippen LogP contribution in [0.15, 0.2) is 24.3 Å². The summed E-state index contributed by atoms with van der Waals surface area (Å²) >= 11 is 0. The van der Waals surface area contributed by atoms with Crippen molar-refractivity contribution in [1.29, 1.82) is 0 Å². The van der Waals surface area contributed by atoms with E-state index in [-0.39, 0.29) is 24.3 Å². The third-order valence-electron chi connectivity index (χ3n) is 4.92. The van der Waals surface area contributed by atoms with Gasteiger partial charge in [-0.25, -0.2) is 14.1 Å². The Labute approximate surface area is 151 Å². The van der Waals surface area contributed by atoms with E-state index < -0.39 is 17.6 Å². The Bertz CT molecular complexity index is 734. The van der Waals surface area contributed by atoms with Crippen LogP contribution in [0.4, 0.5) is 9.18 Å². The summed E-state index contributed by atoms with van der Waals surface area (Å²) in [5.74, 6) is -1.20. The van der Waals surface area contributed by atoms with Gasteiger partial charge >= 0.3 is 6.09 Å². The molecule has 26 heavy (non-hydrogen) atoms. The SMILES string of the molecule is CC1(C)OC(=O)N(CC(=O)N2CCCCCC2c2cccc(F)c2)C1=O. The highest BCUT2D eigenvalue weighted by Gasteiger charge is 2.48. The highest BCUT2D eigenvalue weighted by Crippen LogP contribution is 2.31. The molecule has 1 aromatic rings. The van der Waals surface area contributed by atoms with Crippen molar-refractivity contribution >= 4 is 17.9 Å². The lowest BCUT2D eigenvalue weighted by Crippen LogP contribution is -2.45. The lowest BCUT2D eigenvalue weighted by molar-refractivity contribution is -0.141. The molecule has 1 aromatic carbocycles. The molecule has 1 unspecified atom stereocenters. The quantitative estimate of drug-likeness (QED) is 0.829. The molecule has 0 radical (unpaired) electrons. The zero-order chi connectivity index (χ0) is 18.9. The molecule has 3 amide bonds. The zero-order valence-electron chi connectivity index (χ0n) is 15.0. The molecule has 0 spiro atoms. The molecule has 0 N–H and O–H groups in total. The number of hydrogen-bond acceptors (Lipinski definition) is 4. The second-order valence-corrected chi connectivity index (χ2v) is 7.28. The van der Waals surface area contributed by atoms with Crippen molar-refractivity contribution in [3.05, 3.63) is 35.6 Å². The number of ether oxygens (including phenoxy) is 1. The number of halogens is 1. The third kappa shape index (κ3) is 3.57. The molecule has 140 valence electrons. The van der Waals surface area contributed by atoms with E-state index in [4.69, 9.17) is 4.74 Å². The maximum atomic E-state index is 13.6. The van der Waals surface area contributed by atoms with E-state index in [9.17, 15) is 18.8 Å². The topological polar surface area (TPSA) is 66.9 Å². The maximum absolute atomic E-state index is 13.6. The molecule has 2 aliphatic rings. The summed E-state index contributed by atoms with van der Waals surface area (Å²) in [5.41, 5.74) is -0.520. The second-order valence-electron chi connectivity index (χ2n) is 7.28. The largest absolute Gasteiger partial charge is 0.433 e. The number of carbonyl (C=O) groups is 3. The summed E-state index contributed by atoms with van der Waals surface area (Å²) in [4.78, 5) is 39.7. The van der Waals surface area contributed by atoms with Crippen molar-refractivity contribution in [2.24, 2.45) is 0 Å². The van der Waals surface area contributed by atoms with E-state index in [1.165, 1.54) is 26.0 Å². The van der Waals surface area contributed by atoms with Crippen molar-refractivity contribution in [2.75, 3.05) is 13.1 Å². The van der Waals surface area contributed by atoms with Gasteiger partial charge in [-0.1, -0.05) is 25.0 Å². The number of cyclic esters (lactones) is 1. The molecular weight excluding hydrogens is 339 g/mol. The Kier molecular flexibility index (Phi) is 4.98. The number of nitrogens with zero attached hydrogens (tertiary/aromatic N) is 2. The van der Waals surface area contributed by atoms with Crippen LogP contribution in [0.1, 0.15) is 51.1 Å². The van der Waals surface area contributed by atoms with Crippen LogP contribution in [-0.4, -0.2) is 46.4 Å². The Morgan fingerprint density at radius 3 is 2.69 bits per heavy atom. The van der Waals surface area contributed by atoms with E-state index in [1.54, 1.807) is 17.0 Å². The Balaban J connectivity index is 1.81. The average Bonchev–Trinajstić information content (AvgIpc) is 2.78. The summed E-state index contributed by atoms with van der Waals surface area (Å²) in [6, 6.07) is 5.98. The number of carbonyl (C=O) groups excluding carboxylic acids is 3. The fourth-order valence-electron chi connectivity index (χ4n) is 3.55. The Morgan fingerprint density at radius 1 is 1.27 bits per heavy atom. The minimum absolute atomic E-state index is 0.262. The molecule has 2 aliphatic heterocycles. The third-order valence-corrected chi connectivity index (χ3v) is 4.92. The first kappa shape index (κ1) is 18.4. The predicted octanol–water partition coefficient (Wildman–Crippen LogP) is 3.03. The molecule has 3 rings (SSSR count). The molecular formula is C19H23FN2O4. The summed E-state index contributed by atoms with van der Waals surface area (Å²) in [5, 5.41) is 0. The van der Waals surface area contributed by atoms with E-state index >= 15 is 0 Å². The Hall–Kier alpha value is -2.44. The standard InChI is InChI=1S/C19H23FN2O4/c1-19(2)17(24)22(18(25)26-19)12-16(23)21-10-5-3-4-9-15(21)13-7-6-8-14(20)11-13/h6-8,11,15H,3-5,9-10,12H2,1-2H3. The van der Waals surface area contributed by atoms with Crippen LogP contribution in [-0.2, 0) is 14.3 Å². The van der Waals surface area contributed by atoms with Gasteiger partial charge in [0.2, 0.25) is 5.91 Å². The predicted molar refractivity (Wildman–Crippen MR) is 91.6 cm³/mol. The van der Waals surface area contributed by atoms with Crippen LogP contribution in [0, 0.1) is 5.82 Å². The first-order chi connectivity index (χ1) is 12.3. The molecule has 0 aliphatic carbocycles. The smallest absolute Gasteiger partial charge is 0.418 e. The summed E-state index contributed by atoms with van der Waals surface area (Å²) in [6.07, 6.45) is 2.67. The fourth-order valence-corrected chi connectivity index (χ4v) is 3.55. The molecule has 2 heterocycles. The van der Waals surface area contributed by atoms with Crippen molar-refractivity contribution < 1.29 is 23.5 Å². The molecule has 2 saturated heterocycles. The van der Waals surface area contributed by atoms with Gasteiger partial charge in [-0.3, -0.25) is 9.59 Å². The average molecular weight is 362 g/mol. The first-order valence-electron chi connectivity index (χ1n) is 8.89. The summed E-state index contributed by atoms with van der Waals surface area (Å²) < 4.78 is 18.7. The van der Waals surface area contributed by atoms with Gasteiger partial charge in [0.1, 0.15) is 12.4 Å². The molecule has 0 bridgehead atoms. The minimum atomic E-state index is -1.25. The number of rotatable bonds is 3. The van der Waals surface area contributed by atoms with Gasteiger partial charge in [0.05, 0.1) is 6.04 Å². The highest BCUT2D eigenvalue weighted by molar-refractivity contribution is 6.04. The molecule has 6 nitrogen and oxygen atoms in total. The van der Waals surface area contributed by atoms with Gasteiger partial charge in [-0.05, 0) is 44.4 Å². The van der Waals surface area contributed by atoms with Crippen LogP contribution < -0.4 is 0 Å². The Morgan fingerprint density at radius 2 is 2.04 bits per heavy atom. The van der Waals surface area contributed by atoms with Gasteiger partial charge in [0, 0.05) is 6.54 Å². The molecule has 0 aromatic heterocycles. The van der Waals surface area contributed by atoms with Crippen LogP contribution in [0.3, 0.4) is 0 Å². The molecule has 0 saturated carbocycles. The van der Waals surface area contributed by atoms with E-state index in [0.717, 1.165) is 36.1 Å². The lowest BCUT2D eigenvalue weighted by Gasteiger charge is -2.31. The summed E-state index contributed by atoms with van der Waals surface area (Å²) in [7, 11) is 0. The van der Waals surface area contributed by atoms with E-state index in [0.29, 0.717) is 6.54 Å². The molecule has 2 fully saturated rings. The van der Waals surface area contributed by atoms with Gasteiger partial charge in [0.25, 0.3) is 5.91 Å². The second kappa shape index (κ2) is 7.05. The fraction of sp³-hybridized carbons (Fsp3) is 0.526. The van der Waals surface area contributed by atoms with E-state index in [1.807, 2.05) is 0 Å². The number of benzene rings is 1. The van der Waals surface area contributed by atoms with Gasteiger partial charge in [-0.15, -0.1) is 0 Å². The van der Waals surface area contributed by atoms with Gasteiger partial charge in [0.15, 0.2) is 5.60 Å². The molecule has 1 atom stereocenters. The zero-order valence-corrected chi connectivity index (χ0v) is 15.0. The van der Waals surface area contributed by atoms with Crippen LogP contribution in [0.2, 0.25) is 0 Å². The van der Waals surface area contributed by atoms with E-state index in [2.05, 4.69) is 0 Å². The normalized spacial score (nSPS) is 23.0.